The molecule has 1 aromatic carbocycles. The van der Waals surface area contributed by atoms with Gasteiger partial charge in [-0.15, -0.1) is 11.3 Å². The van der Waals surface area contributed by atoms with Crippen LogP contribution in [0.1, 0.15) is 54.4 Å². The minimum Gasteiger partial charge on any atom is -0.432 e. The highest BCUT2D eigenvalue weighted by Gasteiger charge is 2.45. The van der Waals surface area contributed by atoms with Crippen LogP contribution in [-0.2, 0) is 11.2 Å². The molecule has 1 spiro atoms. The lowest BCUT2D eigenvalue weighted by Gasteiger charge is -2.53. The topological polar surface area (TPSA) is 143 Å². The second-order valence-electron chi connectivity index (χ2n) is 12.7. The van der Waals surface area contributed by atoms with Gasteiger partial charge in [0.25, 0.3) is 17.7 Å². The first-order valence-electron chi connectivity index (χ1n) is 16.2. The van der Waals surface area contributed by atoms with Gasteiger partial charge < -0.3 is 24.3 Å². The van der Waals surface area contributed by atoms with Gasteiger partial charge >= 0.3 is 6.01 Å². The van der Waals surface area contributed by atoms with Crippen LogP contribution >= 0.6 is 11.3 Å². The first kappa shape index (κ1) is 30.9. The Morgan fingerprint density at radius 2 is 1.76 bits per heavy atom. The van der Waals surface area contributed by atoms with E-state index in [1.54, 1.807) is 47.6 Å². The Morgan fingerprint density at radius 3 is 2.53 bits per heavy atom. The molecule has 2 fully saturated rings. The molecule has 4 aromatic heterocycles. The predicted octanol–water partition coefficient (Wildman–Crippen LogP) is 5.83. The summed E-state index contributed by atoms with van der Waals surface area (Å²) >= 11 is 1.32. The zero-order valence-electron chi connectivity index (χ0n) is 26.8. The number of rotatable bonds is 6. The number of amides is 3. The fourth-order valence-electron chi connectivity index (χ4n) is 6.79. The number of fused-ring (bicyclic) bond motifs is 3. The first-order chi connectivity index (χ1) is 23.9. The standard InChI is InChI=1S/C36H33N7O5S/c1-22-17-26(31(39-19-22)42-20-36(21-42)9-14-47-15-10-36)32(44)40-25-6-4-23(5-7-25)34(46)43-13-8-24-18-28(33(45)41-35-38-12-16-48-35)49-30(24)29-27(43)3-2-11-37-29/h2-7,11-12,16-19H,8-10,13-15,20-21H2,1H3,(H,40,44)(H,38,41,45). The maximum Gasteiger partial charge on any atom is 0.301 e. The minimum atomic E-state index is -0.322. The van der Waals surface area contributed by atoms with Crippen LogP contribution in [0.4, 0.5) is 23.2 Å². The fourth-order valence-corrected chi connectivity index (χ4v) is 7.90. The summed E-state index contributed by atoms with van der Waals surface area (Å²) in [4.78, 5) is 58.8. The van der Waals surface area contributed by atoms with Crippen molar-refractivity contribution in [1.82, 2.24) is 15.0 Å². The minimum absolute atomic E-state index is 0.127. The molecule has 7 heterocycles. The van der Waals surface area contributed by atoms with Gasteiger partial charge in [-0.25, -0.2) is 9.97 Å². The SMILES string of the molecule is Cc1cnc(N2CC3(CCOCC3)C2)c(C(=O)Nc2ccc(C(=O)N3CCc4cc(C(=O)Nc5ncco5)sc4-c4ncccc43)cc2)c1. The lowest BCUT2D eigenvalue weighted by molar-refractivity contribution is -0.000511. The van der Waals surface area contributed by atoms with Gasteiger partial charge in [0.15, 0.2) is 0 Å². The summed E-state index contributed by atoms with van der Waals surface area (Å²) < 4.78 is 10.7. The van der Waals surface area contributed by atoms with Crippen LogP contribution in [0.5, 0.6) is 0 Å². The molecule has 3 aliphatic heterocycles. The number of pyridine rings is 2. The highest BCUT2D eigenvalue weighted by molar-refractivity contribution is 7.17. The molecule has 3 aliphatic rings. The smallest absolute Gasteiger partial charge is 0.301 e. The van der Waals surface area contributed by atoms with E-state index >= 15 is 0 Å². The molecule has 0 unspecified atom stereocenters. The lowest BCUT2D eigenvalue weighted by atomic mass is 9.73. The lowest BCUT2D eigenvalue weighted by Crippen LogP contribution is -2.59. The third-order valence-electron chi connectivity index (χ3n) is 9.37. The normalized spacial score (nSPS) is 16.3. The number of ether oxygens (including phenoxy) is 1. The van der Waals surface area contributed by atoms with Gasteiger partial charge in [0.05, 0.1) is 27.2 Å². The second kappa shape index (κ2) is 12.6. The van der Waals surface area contributed by atoms with E-state index in [1.807, 2.05) is 25.1 Å². The van der Waals surface area contributed by atoms with E-state index in [1.165, 1.54) is 23.8 Å². The van der Waals surface area contributed by atoms with Crippen LogP contribution in [0.2, 0.25) is 0 Å². The van der Waals surface area contributed by atoms with Gasteiger partial charge in [0, 0.05) is 61.9 Å². The molecule has 0 saturated carbocycles. The van der Waals surface area contributed by atoms with Crippen molar-refractivity contribution in [2.24, 2.45) is 5.41 Å². The van der Waals surface area contributed by atoms with Crippen molar-refractivity contribution in [2.45, 2.75) is 26.2 Å². The van der Waals surface area contributed by atoms with E-state index in [4.69, 9.17) is 9.15 Å². The van der Waals surface area contributed by atoms with Crippen molar-refractivity contribution < 1.29 is 23.5 Å². The number of nitrogens with one attached hydrogen (secondary N) is 2. The molecule has 0 radical (unpaired) electrons. The van der Waals surface area contributed by atoms with Crippen molar-refractivity contribution in [3.8, 4) is 10.6 Å². The number of anilines is 4. The summed E-state index contributed by atoms with van der Waals surface area (Å²) in [6.07, 6.45) is 8.93. The molecule has 3 amide bonds. The number of nitrogens with zero attached hydrogens (tertiary/aromatic N) is 5. The first-order valence-corrected chi connectivity index (χ1v) is 17.0. The quantitative estimate of drug-likeness (QED) is 0.227. The molecule has 248 valence electrons. The van der Waals surface area contributed by atoms with Gasteiger partial charge in [0.2, 0.25) is 0 Å². The van der Waals surface area contributed by atoms with Crippen molar-refractivity contribution >= 4 is 52.3 Å². The van der Waals surface area contributed by atoms with Crippen molar-refractivity contribution in [2.75, 3.05) is 53.3 Å². The molecule has 8 rings (SSSR count). The Bertz CT molecular complexity index is 2050. The maximum absolute atomic E-state index is 13.9. The number of aryl methyl sites for hydroxylation is 1. The molecule has 2 N–H and O–H groups in total. The molecule has 49 heavy (non-hydrogen) atoms. The van der Waals surface area contributed by atoms with E-state index in [9.17, 15) is 14.4 Å². The molecule has 13 heteroatoms. The van der Waals surface area contributed by atoms with Crippen LogP contribution in [0.3, 0.4) is 0 Å². The largest absolute Gasteiger partial charge is 0.432 e. The Hall–Kier alpha value is -5.40. The number of hydrogen-bond acceptors (Lipinski definition) is 10. The van der Waals surface area contributed by atoms with Crippen LogP contribution in [-0.4, -0.2) is 65.5 Å². The maximum atomic E-state index is 13.9. The summed E-state index contributed by atoms with van der Waals surface area (Å²) in [6, 6.07) is 14.4. The van der Waals surface area contributed by atoms with Crippen molar-refractivity contribution in [1.29, 1.82) is 0 Å². The van der Waals surface area contributed by atoms with Gasteiger partial charge in [-0.1, -0.05) is 0 Å². The third kappa shape index (κ3) is 5.95. The molecular weight excluding hydrogens is 643 g/mol. The third-order valence-corrected chi connectivity index (χ3v) is 10.6. The van der Waals surface area contributed by atoms with Crippen LogP contribution in [0, 0.1) is 12.3 Å². The number of hydrogen-bond donors (Lipinski definition) is 2. The van der Waals surface area contributed by atoms with E-state index in [-0.39, 0.29) is 29.2 Å². The van der Waals surface area contributed by atoms with Crippen molar-refractivity contribution in [3.05, 3.63) is 101 Å². The summed E-state index contributed by atoms with van der Waals surface area (Å²) in [5, 5.41) is 5.67. The van der Waals surface area contributed by atoms with E-state index in [0.29, 0.717) is 51.9 Å². The fraction of sp³-hybridized carbons (Fsp3) is 0.278. The number of aromatic nitrogens is 3. The number of carbonyl (C=O) groups excluding carboxylic acids is 3. The van der Waals surface area contributed by atoms with E-state index in [2.05, 4.69) is 30.5 Å². The Morgan fingerprint density at radius 1 is 0.939 bits per heavy atom. The molecule has 12 nitrogen and oxygen atoms in total. The molecule has 5 aromatic rings. The second-order valence-corrected chi connectivity index (χ2v) is 13.8. The molecule has 0 aliphatic carbocycles. The summed E-state index contributed by atoms with van der Waals surface area (Å²) in [5.74, 6) is -0.0624. The van der Waals surface area contributed by atoms with Crippen LogP contribution in [0.25, 0.3) is 10.6 Å². The molecule has 0 atom stereocenters. The highest BCUT2D eigenvalue weighted by Crippen LogP contribution is 2.43. The van der Waals surface area contributed by atoms with Gasteiger partial charge in [-0.05, 0) is 85.8 Å². The van der Waals surface area contributed by atoms with Gasteiger partial charge in [-0.3, -0.25) is 24.7 Å². The summed E-state index contributed by atoms with van der Waals surface area (Å²) in [7, 11) is 0. The average molecular weight is 676 g/mol. The van der Waals surface area contributed by atoms with Crippen LogP contribution in [0.15, 0.2) is 77.8 Å². The predicted molar refractivity (Wildman–Crippen MR) is 185 cm³/mol. The zero-order valence-corrected chi connectivity index (χ0v) is 27.6. The zero-order chi connectivity index (χ0) is 33.5. The number of oxazole rings is 1. The molecule has 0 bridgehead atoms. The highest BCUT2D eigenvalue weighted by atomic mass is 32.1. The Balaban J connectivity index is 0.976. The Kier molecular flexibility index (Phi) is 7.92. The van der Waals surface area contributed by atoms with Crippen molar-refractivity contribution in [3.63, 3.8) is 0 Å². The van der Waals surface area contributed by atoms with Crippen LogP contribution < -0.4 is 20.4 Å². The van der Waals surface area contributed by atoms with Gasteiger partial charge in [0.1, 0.15) is 17.8 Å². The monoisotopic (exact) mass is 675 g/mol. The van der Waals surface area contributed by atoms with E-state index < -0.39 is 0 Å². The number of thiophene rings is 1. The summed E-state index contributed by atoms with van der Waals surface area (Å²) in [6.45, 7) is 5.62. The summed E-state index contributed by atoms with van der Waals surface area (Å²) in [5.41, 5.74) is 4.97. The van der Waals surface area contributed by atoms with Gasteiger partial charge in [-0.2, -0.15) is 0 Å². The average Bonchev–Trinajstić information content (AvgIpc) is 3.75. The Labute approximate surface area is 286 Å². The van der Waals surface area contributed by atoms with E-state index in [0.717, 1.165) is 55.1 Å². The molecular formula is C36H33N7O5S. The molecule has 2 saturated heterocycles. The number of carbonyl (C=O) groups is 3. The number of benzene rings is 1.